The number of hydrogen-bond acceptors (Lipinski definition) is 13. The summed E-state index contributed by atoms with van der Waals surface area (Å²) in [6, 6.07) is -0.922. The van der Waals surface area contributed by atoms with Gasteiger partial charge in [0.1, 0.15) is 48.8 Å². The smallest absolute Gasteiger partial charge is 0.220 e. The van der Waals surface area contributed by atoms with Crippen LogP contribution < -0.4 is 5.32 Å². The van der Waals surface area contributed by atoms with Gasteiger partial charge in [-0.1, -0.05) is 275 Å². The Kier molecular flexibility index (Phi) is 48.8. The van der Waals surface area contributed by atoms with Gasteiger partial charge in [0.2, 0.25) is 5.91 Å². The summed E-state index contributed by atoms with van der Waals surface area (Å²) in [5.74, 6) is -0.251. The lowest BCUT2D eigenvalue weighted by Crippen LogP contribution is -2.65. The standard InChI is InChI=1S/C67H125NO13/c1-3-5-7-9-11-13-15-17-19-20-21-22-23-24-25-26-27-28-29-30-31-32-33-34-35-36-37-38-40-42-44-46-48-50-56(71)55(68-59(72)51-49-47-45-43-41-39-18-16-14-12-10-8-6-4-2)54-78-66-64(77)62(75)65(58(53-70)80-66)81-67-63(76)61(74)60(73)57(52-69)79-67/h10,12,16,18,48,50,55-58,60-67,69-71,73-77H,3-9,11,13-15,17,19-47,49,51-54H2,1-2H3,(H,68,72)/b12-10-,18-16-,50-48+. The molecular weight excluding hydrogens is 1030 g/mol. The lowest BCUT2D eigenvalue weighted by molar-refractivity contribution is -0.359. The Hall–Kier alpha value is -1.79. The van der Waals surface area contributed by atoms with E-state index >= 15 is 0 Å². The molecule has 9 N–H and O–H groups in total. The van der Waals surface area contributed by atoms with Gasteiger partial charge in [0, 0.05) is 6.42 Å². The van der Waals surface area contributed by atoms with Gasteiger partial charge in [0.25, 0.3) is 0 Å². The van der Waals surface area contributed by atoms with E-state index in [2.05, 4.69) is 43.5 Å². The fourth-order valence-corrected chi connectivity index (χ4v) is 11.1. The van der Waals surface area contributed by atoms with Crippen LogP contribution in [0.25, 0.3) is 0 Å². The second-order valence-electron chi connectivity index (χ2n) is 24.0. The fourth-order valence-electron chi connectivity index (χ4n) is 11.1. The zero-order chi connectivity index (χ0) is 58.8. The normalized spacial score (nSPS) is 24.3. The van der Waals surface area contributed by atoms with E-state index in [1.165, 1.54) is 199 Å². The van der Waals surface area contributed by atoms with Gasteiger partial charge in [-0.25, -0.2) is 0 Å². The first-order valence-corrected chi connectivity index (χ1v) is 33.7. The molecule has 81 heavy (non-hydrogen) atoms. The number of ether oxygens (including phenoxy) is 4. The topological polar surface area (TPSA) is 228 Å². The van der Waals surface area contributed by atoms with Gasteiger partial charge in [0.05, 0.1) is 32.0 Å². The van der Waals surface area contributed by atoms with E-state index in [4.69, 9.17) is 18.9 Å². The average Bonchev–Trinajstić information content (AvgIpc) is 3.65. The Bertz CT molecular complexity index is 1500. The number of allylic oxidation sites excluding steroid dienone is 5. The molecular formula is C67H125NO13. The van der Waals surface area contributed by atoms with Crippen molar-refractivity contribution in [3.63, 3.8) is 0 Å². The molecule has 12 atom stereocenters. The highest BCUT2D eigenvalue weighted by Crippen LogP contribution is 2.30. The van der Waals surface area contributed by atoms with E-state index < -0.39 is 86.8 Å². The summed E-state index contributed by atoms with van der Waals surface area (Å²) in [5, 5.41) is 87.2. The highest BCUT2D eigenvalue weighted by Gasteiger charge is 2.51. The SMILES string of the molecule is CCCC/C=C\C/C=C\CCCCCCCC(=O)NC(COC1OC(CO)C(OC2OC(CO)C(O)C(O)C2O)C(O)C1O)C(O)/C=C/CCCCCCCCCCCCCCCCCCCCCCCCCCCCCCCCC. The molecule has 2 heterocycles. The van der Waals surface area contributed by atoms with E-state index in [1.807, 2.05) is 6.08 Å². The van der Waals surface area contributed by atoms with Crippen molar-refractivity contribution in [2.24, 2.45) is 0 Å². The highest BCUT2D eigenvalue weighted by atomic mass is 16.7. The third-order valence-electron chi connectivity index (χ3n) is 16.6. The minimum atomic E-state index is -1.79. The van der Waals surface area contributed by atoms with Crippen LogP contribution in [0.4, 0.5) is 0 Å². The Morgan fingerprint density at radius 2 is 0.827 bits per heavy atom. The third kappa shape index (κ3) is 37.4. The van der Waals surface area contributed by atoms with Crippen molar-refractivity contribution in [2.75, 3.05) is 19.8 Å². The number of hydrogen-bond donors (Lipinski definition) is 9. The van der Waals surface area contributed by atoms with E-state index in [9.17, 15) is 45.6 Å². The number of unbranched alkanes of at least 4 members (excludes halogenated alkanes) is 38. The maximum Gasteiger partial charge on any atom is 0.220 e. The van der Waals surface area contributed by atoms with Crippen LogP contribution in [0.3, 0.4) is 0 Å². The molecule has 14 nitrogen and oxygen atoms in total. The van der Waals surface area contributed by atoms with Crippen molar-refractivity contribution in [3.8, 4) is 0 Å². The monoisotopic (exact) mass is 1150 g/mol. The van der Waals surface area contributed by atoms with Crippen LogP contribution in [0.1, 0.15) is 290 Å². The van der Waals surface area contributed by atoms with Crippen LogP contribution in [-0.2, 0) is 23.7 Å². The van der Waals surface area contributed by atoms with Crippen molar-refractivity contribution in [2.45, 2.75) is 364 Å². The summed E-state index contributed by atoms with van der Waals surface area (Å²) in [7, 11) is 0. The molecule has 476 valence electrons. The summed E-state index contributed by atoms with van der Waals surface area (Å²) in [4.78, 5) is 13.2. The van der Waals surface area contributed by atoms with Crippen LogP contribution in [-0.4, -0.2) is 140 Å². The first-order chi connectivity index (χ1) is 39.6. The lowest BCUT2D eigenvalue weighted by Gasteiger charge is -2.46. The molecule has 0 aromatic heterocycles. The minimum Gasteiger partial charge on any atom is -0.394 e. The molecule has 2 fully saturated rings. The molecule has 12 unspecified atom stereocenters. The number of rotatable bonds is 55. The van der Waals surface area contributed by atoms with Crippen molar-refractivity contribution in [1.82, 2.24) is 5.32 Å². The summed E-state index contributed by atoms with van der Waals surface area (Å²) in [6.45, 7) is 2.77. The van der Waals surface area contributed by atoms with E-state index in [0.717, 1.165) is 64.2 Å². The van der Waals surface area contributed by atoms with Gasteiger partial charge < -0.3 is 65.1 Å². The first-order valence-electron chi connectivity index (χ1n) is 33.7. The van der Waals surface area contributed by atoms with Crippen molar-refractivity contribution < 1.29 is 64.6 Å². The van der Waals surface area contributed by atoms with Gasteiger partial charge in [-0.3, -0.25) is 4.79 Å². The molecule has 14 heteroatoms. The average molecular weight is 1150 g/mol. The van der Waals surface area contributed by atoms with Crippen LogP contribution in [0.5, 0.6) is 0 Å². The lowest BCUT2D eigenvalue weighted by atomic mass is 9.97. The number of amides is 1. The molecule has 0 radical (unpaired) electrons. The van der Waals surface area contributed by atoms with Crippen LogP contribution in [0.2, 0.25) is 0 Å². The molecule has 2 aliphatic rings. The third-order valence-corrected chi connectivity index (χ3v) is 16.6. The number of carbonyl (C=O) groups is 1. The van der Waals surface area contributed by atoms with E-state index in [-0.39, 0.29) is 18.9 Å². The maximum absolute atomic E-state index is 13.2. The number of aliphatic hydroxyl groups excluding tert-OH is 8. The van der Waals surface area contributed by atoms with Gasteiger partial charge in [0.15, 0.2) is 12.6 Å². The predicted molar refractivity (Wildman–Crippen MR) is 328 cm³/mol. The van der Waals surface area contributed by atoms with Crippen molar-refractivity contribution >= 4 is 5.91 Å². The molecule has 0 saturated carbocycles. The number of aliphatic hydroxyl groups is 8. The minimum absolute atomic E-state index is 0.251. The summed E-state index contributed by atoms with van der Waals surface area (Å²) in [6.07, 6.45) is 49.3. The van der Waals surface area contributed by atoms with Crippen molar-refractivity contribution in [3.05, 3.63) is 36.5 Å². The second kappa shape index (κ2) is 52.5. The second-order valence-corrected chi connectivity index (χ2v) is 24.0. The van der Waals surface area contributed by atoms with E-state index in [0.29, 0.717) is 6.42 Å². The van der Waals surface area contributed by atoms with Gasteiger partial charge in [-0.05, 0) is 44.9 Å². The van der Waals surface area contributed by atoms with Crippen LogP contribution >= 0.6 is 0 Å². The summed E-state index contributed by atoms with van der Waals surface area (Å²) >= 11 is 0. The van der Waals surface area contributed by atoms with Gasteiger partial charge >= 0.3 is 0 Å². The molecule has 0 aromatic rings. The largest absolute Gasteiger partial charge is 0.394 e. The quantitative estimate of drug-likeness (QED) is 0.0204. The van der Waals surface area contributed by atoms with E-state index in [1.54, 1.807) is 6.08 Å². The Morgan fingerprint density at radius 3 is 1.27 bits per heavy atom. The molecule has 0 spiro atoms. The Morgan fingerprint density at radius 1 is 0.444 bits per heavy atom. The molecule has 0 aliphatic carbocycles. The number of carbonyl (C=O) groups excluding carboxylic acids is 1. The summed E-state index contributed by atoms with van der Waals surface area (Å²) < 4.78 is 22.8. The molecule has 1 amide bonds. The van der Waals surface area contributed by atoms with Crippen LogP contribution in [0.15, 0.2) is 36.5 Å². The Labute approximate surface area is 493 Å². The fraction of sp³-hybridized carbons (Fsp3) is 0.896. The molecule has 2 rings (SSSR count). The molecule has 2 aliphatic heterocycles. The zero-order valence-electron chi connectivity index (χ0n) is 51.5. The molecule has 0 aromatic carbocycles. The highest BCUT2D eigenvalue weighted by molar-refractivity contribution is 5.76. The Balaban J connectivity index is 1.64. The maximum atomic E-state index is 13.2. The van der Waals surface area contributed by atoms with Crippen LogP contribution in [0, 0.1) is 0 Å². The van der Waals surface area contributed by atoms with Crippen molar-refractivity contribution in [1.29, 1.82) is 0 Å². The first kappa shape index (κ1) is 75.3. The molecule has 2 saturated heterocycles. The summed E-state index contributed by atoms with van der Waals surface area (Å²) in [5.41, 5.74) is 0. The molecule has 0 bridgehead atoms. The predicted octanol–water partition coefficient (Wildman–Crippen LogP) is 13.0. The van der Waals surface area contributed by atoms with Gasteiger partial charge in [-0.15, -0.1) is 0 Å². The zero-order valence-corrected chi connectivity index (χ0v) is 51.5. The number of nitrogens with one attached hydrogen (secondary N) is 1. The van der Waals surface area contributed by atoms with Gasteiger partial charge in [-0.2, -0.15) is 0 Å².